The van der Waals surface area contributed by atoms with Crippen LogP contribution in [0.4, 0.5) is 5.00 Å². The Hall–Kier alpha value is -1.67. The first-order chi connectivity index (χ1) is 11.0. The number of hydrogen-bond donors (Lipinski definition) is 2. The molecule has 3 rings (SSSR count). The van der Waals surface area contributed by atoms with E-state index in [0.29, 0.717) is 20.7 Å². The van der Waals surface area contributed by atoms with Gasteiger partial charge in [0.15, 0.2) is 5.69 Å². The minimum absolute atomic E-state index is 0.153. The third-order valence-electron chi connectivity index (χ3n) is 3.85. The van der Waals surface area contributed by atoms with Crippen molar-refractivity contribution in [1.29, 1.82) is 0 Å². The normalized spacial score (nSPS) is 13.5. The molecule has 0 saturated heterocycles. The van der Waals surface area contributed by atoms with Crippen LogP contribution in [0.1, 0.15) is 44.1 Å². The Bertz CT molecular complexity index is 781. The molecule has 0 spiro atoms. The van der Waals surface area contributed by atoms with Crippen molar-refractivity contribution in [3.63, 3.8) is 0 Å². The van der Waals surface area contributed by atoms with Gasteiger partial charge in [0.2, 0.25) is 0 Å². The van der Waals surface area contributed by atoms with E-state index < -0.39 is 0 Å². The number of nitrogens with one attached hydrogen (secondary N) is 2. The van der Waals surface area contributed by atoms with Crippen LogP contribution in [0.5, 0.6) is 0 Å². The van der Waals surface area contributed by atoms with Crippen LogP contribution < -0.4 is 10.6 Å². The summed E-state index contributed by atoms with van der Waals surface area (Å²) in [5, 5.41) is 10.3. The van der Waals surface area contributed by atoms with Crippen molar-refractivity contribution in [1.82, 2.24) is 15.1 Å². The Labute approximate surface area is 146 Å². The molecule has 0 fully saturated rings. The summed E-state index contributed by atoms with van der Waals surface area (Å²) in [7, 11) is 3.36. The van der Waals surface area contributed by atoms with E-state index in [0.717, 1.165) is 31.2 Å². The zero-order valence-corrected chi connectivity index (χ0v) is 15.3. The summed E-state index contributed by atoms with van der Waals surface area (Å²) in [5.41, 5.74) is 1.99. The van der Waals surface area contributed by atoms with Crippen LogP contribution >= 0.6 is 27.3 Å². The molecule has 0 aliphatic heterocycles. The van der Waals surface area contributed by atoms with Crippen LogP contribution in [0.3, 0.4) is 0 Å². The van der Waals surface area contributed by atoms with Gasteiger partial charge < -0.3 is 10.6 Å². The van der Waals surface area contributed by atoms with E-state index in [1.807, 2.05) is 0 Å². The number of carbonyl (C=O) groups is 2. The Balaban J connectivity index is 1.96. The van der Waals surface area contributed by atoms with Gasteiger partial charge in [0.05, 0.1) is 10.0 Å². The summed E-state index contributed by atoms with van der Waals surface area (Å²) in [6, 6.07) is 0. The Morgan fingerprint density at radius 1 is 1.30 bits per heavy atom. The van der Waals surface area contributed by atoms with E-state index in [2.05, 4.69) is 31.7 Å². The molecule has 23 heavy (non-hydrogen) atoms. The van der Waals surface area contributed by atoms with Gasteiger partial charge in [-0.05, 0) is 47.2 Å². The highest BCUT2D eigenvalue weighted by Gasteiger charge is 2.26. The Kier molecular flexibility index (Phi) is 4.54. The number of hydrogen-bond acceptors (Lipinski definition) is 4. The molecule has 2 N–H and O–H groups in total. The molecule has 8 heteroatoms. The Morgan fingerprint density at radius 2 is 2.04 bits per heavy atom. The number of fused-ring (bicyclic) bond motifs is 1. The summed E-state index contributed by atoms with van der Waals surface area (Å²) in [4.78, 5) is 26.0. The van der Waals surface area contributed by atoms with E-state index in [4.69, 9.17) is 0 Å². The molecule has 0 aromatic carbocycles. The first-order valence-corrected chi connectivity index (χ1v) is 8.99. The van der Waals surface area contributed by atoms with Gasteiger partial charge in [-0.15, -0.1) is 11.3 Å². The van der Waals surface area contributed by atoms with Crippen LogP contribution in [0.25, 0.3) is 0 Å². The second-order valence-electron chi connectivity index (χ2n) is 5.45. The highest BCUT2D eigenvalue weighted by molar-refractivity contribution is 9.10. The number of rotatable bonds is 3. The van der Waals surface area contributed by atoms with E-state index in [-0.39, 0.29) is 11.8 Å². The monoisotopic (exact) mass is 396 g/mol. The van der Waals surface area contributed by atoms with Crippen LogP contribution in [-0.4, -0.2) is 28.6 Å². The molecule has 1 aliphatic carbocycles. The lowest BCUT2D eigenvalue weighted by atomic mass is 9.95. The van der Waals surface area contributed by atoms with E-state index in [1.165, 1.54) is 16.2 Å². The molecule has 0 unspecified atom stereocenters. The van der Waals surface area contributed by atoms with Crippen LogP contribution in [0.2, 0.25) is 0 Å². The lowest BCUT2D eigenvalue weighted by molar-refractivity contribution is 0.0963. The summed E-state index contributed by atoms with van der Waals surface area (Å²) >= 11 is 4.83. The van der Waals surface area contributed by atoms with Crippen molar-refractivity contribution >= 4 is 44.1 Å². The van der Waals surface area contributed by atoms with Crippen LogP contribution in [-0.2, 0) is 19.9 Å². The summed E-state index contributed by atoms with van der Waals surface area (Å²) in [6.07, 6.45) is 5.77. The maximum Gasteiger partial charge on any atom is 0.277 e. The standard InChI is InChI=1S/C15H17BrN4O2S/c1-17-13(21)11-8-5-3-4-6-10(8)23-15(11)18-14(22)12-9(16)7-20(2)19-12/h7H,3-6H2,1-2H3,(H,17,21)(H,18,22). The number of aromatic nitrogens is 2. The van der Waals surface area contributed by atoms with Crippen molar-refractivity contribution in [2.24, 2.45) is 7.05 Å². The number of anilines is 1. The van der Waals surface area contributed by atoms with Gasteiger partial charge in [0.1, 0.15) is 5.00 Å². The van der Waals surface area contributed by atoms with Crippen molar-refractivity contribution in [2.45, 2.75) is 25.7 Å². The highest BCUT2D eigenvalue weighted by Crippen LogP contribution is 2.38. The fraction of sp³-hybridized carbons (Fsp3) is 0.400. The molecule has 0 saturated carbocycles. The highest BCUT2D eigenvalue weighted by atomic mass is 79.9. The molecule has 6 nitrogen and oxygen atoms in total. The quantitative estimate of drug-likeness (QED) is 0.836. The first-order valence-electron chi connectivity index (χ1n) is 7.38. The summed E-state index contributed by atoms with van der Waals surface area (Å²) in [5.74, 6) is -0.471. The number of carbonyl (C=O) groups excluding carboxylic acids is 2. The summed E-state index contributed by atoms with van der Waals surface area (Å²) in [6.45, 7) is 0. The molecule has 122 valence electrons. The molecule has 2 heterocycles. The van der Waals surface area contributed by atoms with E-state index in [9.17, 15) is 9.59 Å². The van der Waals surface area contributed by atoms with Crippen molar-refractivity contribution in [3.8, 4) is 0 Å². The van der Waals surface area contributed by atoms with Crippen LogP contribution in [0, 0.1) is 0 Å². The number of amides is 2. The third kappa shape index (κ3) is 3.05. The minimum Gasteiger partial charge on any atom is -0.355 e. The largest absolute Gasteiger partial charge is 0.355 e. The third-order valence-corrected chi connectivity index (χ3v) is 5.64. The molecule has 0 bridgehead atoms. The molecule has 2 amide bonds. The van der Waals surface area contributed by atoms with Crippen LogP contribution in [0.15, 0.2) is 10.7 Å². The number of nitrogens with zero attached hydrogens (tertiary/aromatic N) is 2. The second-order valence-corrected chi connectivity index (χ2v) is 7.41. The average Bonchev–Trinajstić information content (AvgIpc) is 3.05. The number of halogens is 1. The fourth-order valence-electron chi connectivity index (χ4n) is 2.79. The molecular formula is C15H17BrN4O2S. The number of aryl methyl sites for hydroxylation is 2. The topological polar surface area (TPSA) is 76.0 Å². The maximum atomic E-state index is 12.5. The van der Waals surface area contributed by atoms with Crippen molar-refractivity contribution < 1.29 is 9.59 Å². The zero-order chi connectivity index (χ0) is 16.6. The molecule has 2 aromatic rings. The second kappa shape index (κ2) is 6.45. The van der Waals surface area contributed by atoms with Gasteiger partial charge in [0.25, 0.3) is 11.8 Å². The predicted octanol–water partition coefficient (Wildman–Crippen LogP) is 2.73. The Morgan fingerprint density at radius 3 is 2.70 bits per heavy atom. The average molecular weight is 397 g/mol. The van der Waals surface area contributed by atoms with E-state index >= 15 is 0 Å². The van der Waals surface area contributed by atoms with Gasteiger partial charge >= 0.3 is 0 Å². The smallest absolute Gasteiger partial charge is 0.277 e. The maximum absolute atomic E-state index is 12.5. The SMILES string of the molecule is CNC(=O)c1c(NC(=O)c2nn(C)cc2Br)sc2c1CCCC2. The van der Waals surface area contributed by atoms with Gasteiger partial charge in [-0.1, -0.05) is 0 Å². The molecule has 1 aliphatic rings. The number of thiophene rings is 1. The minimum atomic E-state index is -0.318. The molecule has 0 atom stereocenters. The van der Waals surface area contributed by atoms with Gasteiger partial charge in [-0.25, -0.2) is 0 Å². The van der Waals surface area contributed by atoms with Gasteiger partial charge in [-0.2, -0.15) is 5.10 Å². The van der Waals surface area contributed by atoms with E-state index in [1.54, 1.807) is 25.0 Å². The van der Waals surface area contributed by atoms with Gasteiger partial charge in [0, 0.05) is 25.2 Å². The lowest BCUT2D eigenvalue weighted by Gasteiger charge is -2.12. The van der Waals surface area contributed by atoms with Gasteiger partial charge in [-0.3, -0.25) is 14.3 Å². The molecule has 0 radical (unpaired) electrons. The lowest BCUT2D eigenvalue weighted by Crippen LogP contribution is -2.22. The molecular weight excluding hydrogens is 380 g/mol. The van der Waals surface area contributed by atoms with Crippen molar-refractivity contribution in [3.05, 3.63) is 32.4 Å². The summed E-state index contributed by atoms with van der Waals surface area (Å²) < 4.78 is 2.19. The fourth-order valence-corrected chi connectivity index (χ4v) is 4.63. The predicted molar refractivity (Wildman–Crippen MR) is 93.2 cm³/mol. The van der Waals surface area contributed by atoms with Crippen molar-refractivity contribution in [2.75, 3.05) is 12.4 Å². The zero-order valence-electron chi connectivity index (χ0n) is 12.9. The molecule has 2 aromatic heterocycles. The first kappa shape index (κ1) is 16.2.